The van der Waals surface area contributed by atoms with Crippen molar-refractivity contribution in [3.8, 4) is 6.19 Å². The molecule has 0 atom stereocenters. The van der Waals surface area contributed by atoms with Gasteiger partial charge in [-0.3, -0.25) is 0 Å². The molecular weight excluding hydrogens is 311 g/mol. The molecule has 1 N–H and O–H groups in total. The number of nitrogens with one attached hydrogen (secondary N) is 1. The van der Waals surface area contributed by atoms with Gasteiger partial charge in [-0.2, -0.15) is 0 Å². The number of hydrogen-bond donors (Lipinski definition) is 1. The molecule has 4 heteroatoms. The van der Waals surface area contributed by atoms with Gasteiger partial charge in [0.05, 0.1) is 0 Å². The third-order valence-corrected chi connectivity index (χ3v) is 5.35. The van der Waals surface area contributed by atoms with Crippen LogP contribution in [0.15, 0.2) is 42.5 Å². The number of aryl methyl sites for hydroxylation is 1. The first-order valence-electron chi connectivity index (χ1n) is 5.39. The first kappa shape index (κ1) is 13.0. The van der Waals surface area contributed by atoms with Crippen LogP contribution in [0.4, 0.5) is 5.69 Å². The summed E-state index contributed by atoms with van der Waals surface area (Å²) in [5.74, 6) is 0. The molecule has 0 fully saturated rings. The summed E-state index contributed by atoms with van der Waals surface area (Å²) in [6.07, 6.45) is 1.97. The van der Waals surface area contributed by atoms with E-state index in [4.69, 9.17) is 16.9 Å². The van der Waals surface area contributed by atoms with Crippen molar-refractivity contribution in [2.45, 2.75) is 6.92 Å². The number of benzene rings is 2. The van der Waals surface area contributed by atoms with Crippen LogP contribution in [0, 0.1) is 18.4 Å². The van der Waals surface area contributed by atoms with Crippen LogP contribution in [-0.2, 0) is 0 Å². The van der Waals surface area contributed by atoms with Gasteiger partial charge in [-0.05, 0) is 0 Å². The number of anilines is 1. The van der Waals surface area contributed by atoms with Crippen molar-refractivity contribution in [3.63, 3.8) is 0 Å². The van der Waals surface area contributed by atoms with Gasteiger partial charge >= 0.3 is 118 Å². The molecule has 0 unspecified atom stereocenters. The van der Waals surface area contributed by atoms with Crippen LogP contribution < -0.4 is 14.2 Å². The van der Waals surface area contributed by atoms with E-state index in [1.54, 1.807) is 0 Å². The van der Waals surface area contributed by atoms with E-state index in [0.29, 0.717) is 0 Å². The standard InChI is InChI=1S/C14H11ClN2Se/c1-10-6-7-12(17-9-16)14(8-10)18-13-5-3-2-4-11(13)15/h2-8,17H,1H3. The van der Waals surface area contributed by atoms with Crippen molar-refractivity contribution >= 4 is 41.2 Å². The van der Waals surface area contributed by atoms with E-state index in [2.05, 4.69) is 11.4 Å². The van der Waals surface area contributed by atoms with Crippen LogP contribution in [0.25, 0.3) is 0 Å². The molecule has 0 heterocycles. The Morgan fingerprint density at radius 2 is 1.94 bits per heavy atom. The van der Waals surface area contributed by atoms with Crippen LogP contribution in [0.2, 0.25) is 5.02 Å². The normalized spacial score (nSPS) is 9.83. The number of halogens is 1. The summed E-state index contributed by atoms with van der Waals surface area (Å²) < 4.78 is 2.26. The molecule has 0 amide bonds. The summed E-state index contributed by atoms with van der Waals surface area (Å²) in [5, 5.41) is 12.3. The zero-order valence-electron chi connectivity index (χ0n) is 9.77. The summed E-state index contributed by atoms with van der Waals surface area (Å²) in [5.41, 5.74) is 2.05. The van der Waals surface area contributed by atoms with Gasteiger partial charge in [0, 0.05) is 0 Å². The first-order chi connectivity index (χ1) is 8.70. The number of hydrogen-bond acceptors (Lipinski definition) is 2. The SMILES string of the molecule is Cc1ccc(NC#N)c([Se]c2ccccc2Cl)c1. The van der Waals surface area contributed by atoms with Gasteiger partial charge in [0.25, 0.3) is 0 Å². The summed E-state index contributed by atoms with van der Waals surface area (Å²) in [6, 6.07) is 13.9. The third kappa shape index (κ3) is 3.05. The molecule has 2 aromatic carbocycles. The van der Waals surface area contributed by atoms with Crippen molar-refractivity contribution in [1.29, 1.82) is 5.26 Å². The molecule has 0 aliphatic carbocycles. The van der Waals surface area contributed by atoms with Gasteiger partial charge in [0.1, 0.15) is 0 Å². The monoisotopic (exact) mass is 322 g/mol. The topological polar surface area (TPSA) is 35.8 Å². The predicted molar refractivity (Wildman–Crippen MR) is 76.9 cm³/mol. The van der Waals surface area contributed by atoms with Crippen molar-refractivity contribution < 1.29 is 0 Å². The van der Waals surface area contributed by atoms with Gasteiger partial charge in [-0.15, -0.1) is 0 Å². The Morgan fingerprint density at radius 1 is 1.17 bits per heavy atom. The molecule has 0 radical (unpaired) electrons. The van der Waals surface area contributed by atoms with Crippen molar-refractivity contribution in [3.05, 3.63) is 53.1 Å². The molecule has 0 aromatic heterocycles. The van der Waals surface area contributed by atoms with E-state index >= 15 is 0 Å². The third-order valence-electron chi connectivity index (χ3n) is 2.38. The Morgan fingerprint density at radius 3 is 2.67 bits per heavy atom. The molecule has 0 aliphatic rings. The molecule has 2 nitrogen and oxygen atoms in total. The van der Waals surface area contributed by atoms with Gasteiger partial charge in [0.2, 0.25) is 0 Å². The Bertz CT molecular complexity index is 605. The Hall–Kier alpha value is -1.46. The zero-order chi connectivity index (χ0) is 13.0. The molecule has 0 bridgehead atoms. The van der Waals surface area contributed by atoms with E-state index in [1.165, 1.54) is 5.56 Å². The first-order valence-corrected chi connectivity index (χ1v) is 7.48. The fourth-order valence-corrected chi connectivity index (χ4v) is 4.01. The Balaban J connectivity index is 2.36. The van der Waals surface area contributed by atoms with E-state index < -0.39 is 0 Å². The van der Waals surface area contributed by atoms with Gasteiger partial charge in [-0.1, -0.05) is 0 Å². The fraction of sp³-hybridized carbons (Fsp3) is 0.0714. The molecule has 0 spiro atoms. The second-order valence-corrected chi connectivity index (χ2v) is 6.45. The fourth-order valence-electron chi connectivity index (χ4n) is 1.52. The molecule has 0 aliphatic heterocycles. The van der Waals surface area contributed by atoms with E-state index in [0.717, 1.165) is 19.6 Å². The summed E-state index contributed by atoms with van der Waals surface area (Å²) in [4.78, 5) is 0. The number of rotatable bonds is 3. The number of nitrogens with zero attached hydrogens (tertiary/aromatic N) is 1. The van der Waals surface area contributed by atoms with E-state index in [1.807, 2.05) is 49.5 Å². The summed E-state index contributed by atoms with van der Waals surface area (Å²) >= 11 is 6.26. The van der Waals surface area contributed by atoms with Crippen molar-refractivity contribution in [1.82, 2.24) is 0 Å². The second kappa shape index (κ2) is 5.93. The predicted octanol–water partition coefficient (Wildman–Crippen LogP) is 2.20. The summed E-state index contributed by atoms with van der Waals surface area (Å²) in [6.45, 7) is 2.04. The molecule has 0 saturated carbocycles. The maximum absolute atomic E-state index is 8.75. The Kier molecular flexibility index (Phi) is 4.28. The minimum atomic E-state index is 0.0869. The van der Waals surface area contributed by atoms with Crippen molar-refractivity contribution in [2.75, 3.05) is 5.32 Å². The van der Waals surface area contributed by atoms with Crippen LogP contribution in [0.5, 0.6) is 0 Å². The van der Waals surface area contributed by atoms with Crippen LogP contribution in [0.3, 0.4) is 0 Å². The van der Waals surface area contributed by atoms with Gasteiger partial charge < -0.3 is 0 Å². The quantitative estimate of drug-likeness (QED) is 0.534. The second-order valence-electron chi connectivity index (χ2n) is 3.77. The van der Waals surface area contributed by atoms with Crippen LogP contribution in [0.1, 0.15) is 5.56 Å². The molecule has 2 rings (SSSR count). The maximum atomic E-state index is 8.75. The average molecular weight is 322 g/mol. The molecule has 2 aromatic rings. The molecule has 0 saturated heterocycles. The van der Waals surface area contributed by atoms with E-state index in [-0.39, 0.29) is 15.0 Å². The Labute approximate surface area is 118 Å². The van der Waals surface area contributed by atoms with Crippen LogP contribution in [-0.4, -0.2) is 15.0 Å². The average Bonchev–Trinajstić information content (AvgIpc) is 2.36. The van der Waals surface area contributed by atoms with Gasteiger partial charge in [-0.25, -0.2) is 0 Å². The minimum absolute atomic E-state index is 0.0869. The zero-order valence-corrected chi connectivity index (χ0v) is 12.2. The molecular formula is C14H11ClN2Se. The molecule has 18 heavy (non-hydrogen) atoms. The number of nitriles is 1. The van der Waals surface area contributed by atoms with Crippen LogP contribution >= 0.6 is 11.6 Å². The van der Waals surface area contributed by atoms with Crippen molar-refractivity contribution in [2.24, 2.45) is 0 Å². The van der Waals surface area contributed by atoms with Gasteiger partial charge in [0.15, 0.2) is 0 Å². The van der Waals surface area contributed by atoms with E-state index in [9.17, 15) is 0 Å². The molecule has 90 valence electrons. The summed E-state index contributed by atoms with van der Waals surface area (Å²) in [7, 11) is 0.